The molecule has 1 N–H and O–H groups in total. The second-order valence-corrected chi connectivity index (χ2v) is 4.19. The number of allylic oxidation sites excluding steroid dienone is 1. The van der Waals surface area contributed by atoms with E-state index < -0.39 is 0 Å². The first-order valence-electron chi connectivity index (χ1n) is 6.08. The molecule has 2 aromatic rings. The molecule has 0 amide bonds. The normalized spacial score (nSPS) is 11.1. The van der Waals surface area contributed by atoms with Gasteiger partial charge < -0.3 is 9.72 Å². The summed E-state index contributed by atoms with van der Waals surface area (Å²) in [5, 5.41) is 0.933. The molecule has 0 fully saturated rings. The van der Waals surface area contributed by atoms with Crippen LogP contribution < -0.4 is 0 Å². The zero-order valence-corrected chi connectivity index (χ0v) is 10.9. The van der Waals surface area contributed by atoms with Crippen LogP contribution in [0, 0.1) is 0 Å². The number of rotatable bonds is 4. The second kappa shape index (κ2) is 5.52. The van der Waals surface area contributed by atoms with E-state index in [1.54, 1.807) is 19.1 Å². The summed E-state index contributed by atoms with van der Waals surface area (Å²) in [4.78, 5) is 25.5. The zero-order chi connectivity index (χ0) is 13.8. The molecule has 1 heterocycles. The lowest BCUT2D eigenvalue weighted by Crippen LogP contribution is -2.04. The van der Waals surface area contributed by atoms with Gasteiger partial charge in [0.1, 0.15) is 5.69 Å². The Morgan fingerprint density at radius 1 is 1.32 bits per heavy atom. The van der Waals surface area contributed by atoms with Crippen molar-refractivity contribution in [2.75, 3.05) is 6.61 Å². The second-order valence-electron chi connectivity index (χ2n) is 4.19. The molecule has 1 aromatic heterocycles. The molecule has 0 atom stereocenters. The van der Waals surface area contributed by atoms with E-state index in [2.05, 4.69) is 4.98 Å². The number of fused-ring (bicyclic) bond motifs is 1. The van der Waals surface area contributed by atoms with Crippen LogP contribution in [-0.2, 0) is 9.53 Å². The number of carbonyl (C=O) groups is 2. The first kappa shape index (κ1) is 13.1. The van der Waals surface area contributed by atoms with Crippen LogP contribution in [0.4, 0.5) is 0 Å². The van der Waals surface area contributed by atoms with Crippen LogP contribution in [0.3, 0.4) is 0 Å². The highest BCUT2D eigenvalue weighted by atomic mass is 16.5. The van der Waals surface area contributed by atoms with Gasteiger partial charge in [0.25, 0.3) is 0 Å². The van der Waals surface area contributed by atoms with Crippen molar-refractivity contribution < 1.29 is 14.3 Å². The third kappa shape index (κ3) is 3.10. The van der Waals surface area contributed by atoms with E-state index in [0.29, 0.717) is 12.3 Å². The van der Waals surface area contributed by atoms with Gasteiger partial charge in [-0.3, -0.25) is 4.79 Å². The van der Waals surface area contributed by atoms with Crippen molar-refractivity contribution >= 4 is 28.7 Å². The Labute approximate surface area is 111 Å². The molecule has 2 rings (SSSR count). The number of aromatic amines is 1. The van der Waals surface area contributed by atoms with E-state index in [4.69, 9.17) is 4.74 Å². The number of aromatic nitrogens is 1. The molecule has 19 heavy (non-hydrogen) atoms. The summed E-state index contributed by atoms with van der Waals surface area (Å²) in [6, 6.07) is 7.43. The van der Waals surface area contributed by atoms with Gasteiger partial charge in [0.2, 0.25) is 0 Å². The molecular formula is C15H15NO3. The van der Waals surface area contributed by atoms with Crippen LogP contribution in [0.15, 0.2) is 30.3 Å². The number of benzene rings is 1. The molecule has 0 aliphatic heterocycles. The van der Waals surface area contributed by atoms with Gasteiger partial charge in [-0.25, -0.2) is 4.79 Å². The summed E-state index contributed by atoms with van der Waals surface area (Å²) >= 11 is 0. The number of H-pyrrole nitrogens is 1. The predicted octanol–water partition coefficient (Wildman–Crippen LogP) is 2.95. The maximum Gasteiger partial charge on any atom is 0.354 e. The number of hydrogen-bond donors (Lipinski definition) is 1. The predicted molar refractivity (Wildman–Crippen MR) is 74.0 cm³/mol. The van der Waals surface area contributed by atoms with Crippen LogP contribution in [0.5, 0.6) is 0 Å². The molecule has 0 saturated carbocycles. The fraction of sp³-hybridized carbons (Fsp3) is 0.200. The molecule has 0 aliphatic rings. The number of carbonyl (C=O) groups excluding carboxylic acids is 2. The van der Waals surface area contributed by atoms with Crippen molar-refractivity contribution in [2.45, 2.75) is 13.8 Å². The Morgan fingerprint density at radius 2 is 2.11 bits per heavy atom. The molecular weight excluding hydrogens is 242 g/mol. The van der Waals surface area contributed by atoms with E-state index >= 15 is 0 Å². The standard InChI is InChI=1S/C15H15NO3/c1-3-19-15(18)14-9-12-7-6-11(5-4-10(2)17)8-13(12)16-14/h4-9,16H,3H2,1-2H3/b5-4+. The summed E-state index contributed by atoms with van der Waals surface area (Å²) in [5.74, 6) is -0.363. The molecule has 1 aromatic carbocycles. The lowest BCUT2D eigenvalue weighted by molar-refractivity contribution is -0.112. The van der Waals surface area contributed by atoms with Crippen LogP contribution in [0.25, 0.3) is 17.0 Å². The summed E-state index contributed by atoms with van der Waals surface area (Å²) in [7, 11) is 0. The van der Waals surface area contributed by atoms with Gasteiger partial charge in [0, 0.05) is 10.9 Å². The lowest BCUT2D eigenvalue weighted by Gasteiger charge is -1.96. The minimum absolute atomic E-state index is 0.00112. The summed E-state index contributed by atoms with van der Waals surface area (Å²) in [6.45, 7) is 3.62. The minimum atomic E-state index is -0.362. The molecule has 0 saturated heterocycles. The number of esters is 1. The molecule has 0 radical (unpaired) electrons. The summed E-state index contributed by atoms with van der Waals surface area (Å²) < 4.78 is 4.94. The van der Waals surface area contributed by atoms with E-state index in [1.807, 2.05) is 18.2 Å². The Balaban J connectivity index is 2.33. The highest BCUT2D eigenvalue weighted by Gasteiger charge is 2.09. The number of ketones is 1. The Morgan fingerprint density at radius 3 is 2.79 bits per heavy atom. The van der Waals surface area contributed by atoms with Crippen molar-refractivity contribution in [1.82, 2.24) is 4.98 Å². The fourth-order valence-electron chi connectivity index (χ4n) is 1.78. The Bertz CT molecular complexity index is 652. The van der Waals surface area contributed by atoms with E-state index in [-0.39, 0.29) is 11.8 Å². The first-order valence-corrected chi connectivity index (χ1v) is 6.08. The van der Waals surface area contributed by atoms with Gasteiger partial charge in [-0.2, -0.15) is 0 Å². The minimum Gasteiger partial charge on any atom is -0.461 e. The fourth-order valence-corrected chi connectivity index (χ4v) is 1.78. The highest BCUT2D eigenvalue weighted by molar-refractivity contribution is 5.96. The third-order valence-electron chi connectivity index (χ3n) is 2.65. The lowest BCUT2D eigenvalue weighted by atomic mass is 10.1. The maximum atomic E-state index is 11.6. The quantitative estimate of drug-likeness (QED) is 0.676. The Hall–Kier alpha value is -2.36. The van der Waals surface area contributed by atoms with Gasteiger partial charge in [-0.05, 0) is 37.6 Å². The Kier molecular flexibility index (Phi) is 3.80. The SMILES string of the molecule is CCOC(=O)c1cc2ccc(/C=C/C(C)=O)cc2[nH]1. The number of nitrogens with one attached hydrogen (secondary N) is 1. The third-order valence-corrected chi connectivity index (χ3v) is 2.65. The van der Waals surface area contributed by atoms with Crippen molar-refractivity contribution in [1.29, 1.82) is 0 Å². The van der Waals surface area contributed by atoms with E-state index in [9.17, 15) is 9.59 Å². The highest BCUT2D eigenvalue weighted by Crippen LogP contribution is 2.18. The van der Waals surface area contributed by atoms with Gasteiger partial charge in [-0.1, -0.05) is 18.2 Å². The van der Waals surface area contributed by atoms with Gasteiger partial charge in [0.05, 0.1) is 6.61 Å². The average Bonchev–Trinajstić information content (AvgIpc) is 2.79. The molecule has 98 valence electrons. The van der Waals surface area contributed by atoms with E-state index in [0.717, 1.165) is 16.5 Å². The smallest absolute Gasteiger partial charge is 0.354 e. The average molecular weight is 257 g/mol. The monoisotopic (exact) mass is 257 g/mol. The van der Waals surface area contributed by atoms with Gasteiger partial charge in [-0.15, -0.1) is 0 Å². The summed E-state index contributed by atoms with van der Waals surface area (Å²) in [5.41, 5.74) is 2.18. The van der Waals surface area contributed by atoms with Gasteiger partial charge >= 0.3 is 5.97 Å². The molecule has 4 nitrogen and oxygen atoms in total. The largest absolute Gasteiger partial charge is 0.461 e. The topological polar surface area (TPSA) is 59.2 Å². The van der Waals surface area contributed by atoms with Crippen molar-refractivity contribution in [2.24, 2.45) is 0 Å². The number of ether oxygens (including phenoxy) is 1. The van der Waals surface area contributed by atoms with Crippen molar-refractivity contribution in [3.63, 3.8) is 0 Å². The summed E-state index contributed by atoms with van der Waals surface area (Å²) in [6.07, 6.45) is 3.25. The van der Waals surface area contributed by atoms with Crippen LogP contribution in [-0.4, -0.2) is 23.3 Å². The molecule has 0 bridgehead atoms. The molecule has 0 aliphatic carbocycles. The molecule has 4 heteroatoms. The molecule has 0 spiro atoms. The first-order chi connectivity index (χ1) is 9.10. The van der Waals surface area contributed by atoms with Crippen LogP contribution in [0.2, 0.25) is 0 Å². The van der Waals surface area contributed by atoms with Crippen LogP contribution in [0.1, 0.15) is 29.9 Å². The maximum absolute atomic E-state index is 11.6. The van der Waals surface area contributed by atoms with E-state index in [1.165, 1.54) is 13.0 Å². The molecule has 0 unspecified atom stereocenters. The van der Waals surface area contributed by atoms with Crippen molar-refractivity contribution in [3.8, 4) is 0 Å². The van der Waals surface area contributed by atoms with Gasteiger partial charge in [0.15, 0.2) is 5.78 Å². The zero-order valence-electron chi connectivity index (χ0n) is 10.9. The number of hydrogen-bond acceptors (Lipinski definition) is 3. The van der Waals surface area contributed by atoms with Crippen LogP contribution >= 0.6 is 0 Å². The van der Waals surface area contributed by atoms with Crippen molar-refractivity contribution in [3.05, 3.63) is 41.6 Å².